The molecule has 0 heterocycles. The molecule has 0 aliphatic rings. The summed E-state index contributed by atoms with van der Waals surface area (Å²) in [5, 5.41) is 0. The molecule has 0 aromatic heterocycles. The molecule has 1 rings (SSSR count). The van der Waals surface area contributed by atoms with Crippen molar-refractivity contribution in [1.82, 2.24) is 0 Å². The van der Waals surface area contributed by atoms with Gasteiger partial charge in [-0.3, -0.25) is 0 Å². The van der Waals surface area contributed by atoms with E-state index in [1.165, 1.54) is 0 Å². The third-order valence-corrected chi connectivity index (χ3v) is 2.35. The zero-order valence-electron chi connectivity index (χ0n) is 10.8. The van der Waals surface area contributed by atoms with Gasteiger partial charge in [-0.2, -0.15) is 0 Å². The van der Waals surface area contributed by atoms with E-state index in [-0.39, 0.29) is 0 Å². The summed E-state index contributed by atoms with van der Waals surface area (Å²) in [6.45, 7) is 13.4. The van der Waals surface area contributed by atoms with Gasteiger partial charge in [0.05, 0.1) is 5.70 Å². The minimum atomic E-state index is 0.562. The lowest BCUT2D eigenvalue weighted by atomic mass is 10.2. The summed E-state index contributed by atoms with van der Waals surface area (Å²) in [5.74, 6) is 0.562. The molecular weight excluding hydrogens is 220 g/mol. The molecule has 18 heavy (non-hydrogen) atoms. The van der Waals surface area contributed by atoms with Gasteiger partial charge in [0, 0.05) is 5.56 Å². The molecule has 1 aromatic carbocycles. The molecule has 2 nitrogen and oxygen atoms in total. The van der Waals surface area contributed by atoms with Crippen LogP contribution >= 0.6 is 0 Å². The number of benzene rings is 1. The molecule has 92 valence electrons. The lowest BCUT2D eigenvalue weighted by Gasteiger charge is -2.03. The largest absolute Gasteiger partial charge is 0.245 e. The average molecular weight is 238 g/mol. The van der Waals surface area contributed by atoms with Crippen molar-refractivity contribution in [2.45, 2.75) is 13.3 Å². The van der Waals surface area contributed by atoms with Crippen molar-refractivity contribution in [2.75, 3.05) is 0 Å². The molecule has 0 spiro atoms. The minimum Gasteiger partial charge on any atom is -0.245 e. The van der Waals surface area contributed by atoms with E-state index in [1.54, 1.807) is 0 Å². The molecule has 2 heteroatoms. The SMILES string of the molecule is C=NC(=NC(=C)C(=C)/C=C\CC)c1ccccc1. The monoisotopic (exact) mass is 238 g/mol. The van der Waals surface area contributed by atoms with Crippen LogP contribution in [0.3, 0.4) is 0 Å². The van der Waals surface area contributed by atoms with Crippen LogP contribution in [0.5, 0.6) is 0 Å². The Morgan fingerprint density at radius 1 is 1.22 bits per heavy atom. The van der Waals surface area contributed by atoms with Crippen molar-refractivity contribution in [2.24, 2.45) is 9.98 Å². The number of hydrogen-bond acceptors (Lipinski definition) is 1. The topological polar surface area (TPSA) is 24.7 Å². The highest BCUT2D eigenvalue weighted by Gasteiger charge is 2.01. The fourth-order valence-electron chi connectivity index (χ4n) is 1.33. The molecule has 0 bridgehead atoms. The summed E-state index contributed by atoms with van der Waals surface area (Å²) < 4.78 is 0. The predicted molar refractivity (Wildman–Crippen MR) is 80.2 cm³/mol. The van der Waals surface area contributed by atoms with Gasteiger partial charge in [0.25, 0.3) is 0 Å². The molecule has 0 N–H and O–H groups in total. The van der Waals surface area contributed by atoms with Gasteiger partial charge >= 0.3 is 0 Å². The van der Waals surface area contributed by atoms with E-state index in [1.807, 2.05) is 42.5 Å². The molecule has 1 aromatic rings. The molecule has 0 saturated carbocycles. The molecule has 0 unspecified atom stereocenters. The van der Waals surface area contributed by atoms with Gasteiger partial charge in [-0.1, -0.05) is 62.6 Å². The van der Waals surface area contributed by atoms with Crippen molar-refractivity contribution in [1.29, 1.82) is 0 Å². The maximum atomic E-state index is 4.36. The highest BCUT2D eigenvalue weighted by molar-refractivity contribution is 6.02. The Morgan fingerprint density at radius 3 is 2.44 bits per heavy atom. The fraction of sp³-hybridized carbons (Fsp3) is 0.125. The molecule has 0 amide bonds. The van der Waals surface area contributed by atoms with Gasteiger partial charge in [0.15, 0.2) is 5.84 Å². The molecule has 0 fully saturated rings. The van der Waals surface area contributed by atoms with Crippen molar-refractivity contribution >= 4 is 12.6 Å². The molecule has 0 aliphatic carbocycles. The number of amidine groups is 1. The standard InChI is InChI=1S/C16H18N2/c1-5-6-10-13(2)14(3)18-16(17-4)15-11-8-7-9-12-15/h6-12H,2-5H2,1H3/b10-6-,18-16?. The van der Waals surface area contributed by atoms with Crippen LogP contribution in [0.15, 0.2) is 76.9 Å². The van der Waals surface area contributed by atoms with E-state index in [4.69, 9.17) is 0 Å². The molecule has 0 atom stereocenters. The number of nitrogens with zero attached hydrogens (tertiary/aromatic N) is 2. The number of aliphatic imine (C=N–C) groups is 2. The predicted octanol–water partition coefficient (Wildman–Crippen LogP) is 4.17. The molecule has 0 radical (unpaired) electrons. The van der Waals surface area contributed by atoms with Crippen molar-refractivity contribution in [3.63, 3.8) is 0 Å². The van der Waals surface area contributed by atoms with Crippen LogP contribution in [0.1, 0.15) is 18.9 Å². The second kappa shape index (κ2) is 7.17. The molecular formula is C16H18N2. The normalized spacial score (nSPS) is 11.5. The Labute approximate surface area is 109 Å². The highest BCUT2D eigenvalue weighted by Crippen LogP contribution is 2.12. The van der Waals surface area contributed by atoms with Crippen LogP contribution < -0.4 is 0 Å². The van der Waals surface area contributed by atoms with Crippen molar-refractivity contribution in [3.8, 4) is 0 Å². The van der Waals surface area contributed by atoms with Gasteiger partial charge in [0.1, 0.15) is 0 Å². The van der Waals surface area contributed by atoms with Crippen LogP contribution in [-0.4, -0.2) is 12.6 Å². The Kier molecular flexibility index (Phi) is 5.52. The lowest BCUT2D eigenvalue weighted by molar-refractivity contribution is 1.21. The summed E-state index contributed by atoms with van der Waals surface area (Å²) in [7, 11) is 0. The lowest BCUT2D eigenvalue weighted by Crippen LogP contribution is -1.97. The van der Waals surface area contributed by atoms with Gasteiger partial charge in [-0.25, -0.2) is 9.98 Å². The third-order valence-electron chi connectivity index (χ3n) is 2.35. The fourth-order valence-corrected chi connectivity index (χ4v) is 1.33. The Morgan fingerprint density at radius 2 is 1.89 bits per heavy atom. The minimum absolute atomic E-state index is 0.562. The summed E-state index contributed by atoms with van der Waals surface area (Å²) in [6, 6.07) is 9.69. The van der Waals surface area contributed by atoms with E-state index >= 15 is 0 Å². The van der Waals surface area contributed by atoms with E-state index in [2.05, 4.69) is 36.8 Å². The summed E-state index contributed by atoms with van der Waals surface area (Å²) in [5.41, 5.74) is 2.31. The second-order valence-electron chi connectivity index (χ2n) is 3.74. The first kappa shape index (κ1) is 13.8. The Balaban J connectivity index is 2.93. The van der Waals surface area contributed by atoms with Gasteiger partial charge in [-0.05, 0) is 18.7 Å². The van der Waals surface area contributed by atoms with E-state index in [0.29, 0.717) is 11.5 Å². The quantitative estimate of drug-likeness (QED) is 0.418. The highest BCUT2D eigenvalue weighted by atomic mass is 14.9. The molecule has 0 aliphatic heterocycles. The van der Waals surface area contributed by atoms with Gasteiger partial charge < -0.3 is 0 Å². The number of hydrogen-bond donors (Lipinski definition) is 0. The molecule has 0 saturated heterocycles. The van der Waals surface area contributed by atoms with Crippen molar-refractivity contribution in [3.05, 3.63) is 72.5 Å². The van der Waals surface area contributed by atoms with Crippen LogP contribution in [0.4, 0.5) is 0 Å². The first-order chi connectivity index (χ1) is 8.69. The zero-order valence-corrected chi connectivity index (χ0v) is 10.8. The van der Waals surface area contributed by atoms with Crippen LogP contribution in [0.2, 0.25) is 0 Å². The van der Waals surface area contributed by atoms with E-state index in [0.717, 1.165) is 17.6 Å². The summed E-state index contributed by atoms with van der Waals surface area (Å²) in [6.07, 6.45) is 4.89. The number of allylic oxidation sites excluding steroid dienone is 2. The zero-order chi connectivity index (χ0) is 13.4. The maximum absolute atomic E-state index is 4.36. The number of rotatable bonds is 5. The maximum Gasteiger partial charge on any atom is 0.159 e. The smallest absolute Gasteiger partial charge is 0.159 e. The third kappa shape index (κ3) is 3.98. The van der Waals surface area contributed by atoms with Crippen molar-refractivity contribution < 1.29 is 0 Å². The van der Waals surface area contributed by atoms with E-state index < -0.39 is 0 Å². The first-order valence-electron chi connectivity index (χ1n) is 5.84. The average Bonchev–Trinajstić information content (AvgIpc) is 2.42. The van der Waals surface area contributed by atoms with Crippen LogP contribution in [0, 0.1) is 0 Å². The van der Waals surface area contributed by atoms with Crippen LogP contribution in [0.25, 0.3) is 0 Å². The van der Waals surface area contributed by atoms with Crippen LogP contribution in [-0.2, 0) is 0 Å². The van der Waals surface area contributed by atoms with Gasteiger partial charge in [-0.15, -0.1) is 0 Å². The van der Waals surface area contributed by atoms with E-state index in [9.17, 15) is 0 Å². The first-order valence-corrected chi connectivity index (χ1v) is 5.84. The summed E-state index contributed by atoms with van der Waals surface area (Å²) >= 11 is 0. The summed E-state index contributed by atoms with van der Waals surface area (Å²) in [4.78, 5) is 8.30. The second-order valence-corrected chi connectivity index (χ2v) is 3.74. The Bertz CT molecular complexity index is 493. The van der Waals surface area contributed by atoms with Gasteiger partial charge in [0.2, 0.25) is 0 Å². The Hall–Kier alpha value is -2.22.